The van der Waals surface area contributed by atoms with Crippen LogP contribution in [0.2, 0.25) is 5.02 Å². The van der Waals surface area contributed by atoms with Crippen molar-refractivity contribution in [3.05, 3.63) is 76.2 Å². The molecule has 2 N–H and O–H groups in total. The van der Waals surface area contributed by atoms with Crippen LogP contribution in [0.3, 0.4) is 0 Å². The molecule has 0 aliphatic carbocycles. The highest BCUT2D eigenvalue weighted by molar-refractivity contribution is 7.92. The summed E-state index contributed by atoms with van der Waals surface area (Å²) in [7, 11) is -2.90. The zero-order valence-corrected chi connectivity index (χ0v) is 22.8. The molecule has 204 valence electrons. The molecule has 2 heterocycles. The number of aromatic nitrogens is 3. The minimum absolute atomic E-state index is 0.00912. The van der Waals surface area contributed by atoms with Crippen molar-refractivity contribution in [2.75, 3.05) is 18.4 Å². The van der Waals surface area contributed by atoms with Gasteiger partial charge in [0.15, 0.2) is 0 Å². The summed E-state index contributed by atoms with van der Waals surface area (Å²) in [5.74, 6) is -1.30. The van der Waals surface area contributed by atoms with E-state index in [0.717, 1.165) is 18.2 Å². The lowest BCUT2D eigenvalue weighted by Crippen LogP contribution is -2.34. The van der Waals surface area contributed by atoms with E-state index in [0.29, 0.717) is 28.6 Å². The molecule has 0 aliphatic rings. The summed E-state index contributed by atoms with van der Waals surface area (Å²) in [5, 5.41) is 2.76. The largest absolute Gasteiger partial charge is 0.480 e. The summed E-state index contributed by atoms with van der Waals surface area (Å²) in [6.45, 7) is 4.18. The number of benzene rings is 2. The van der Waals surface area contributed by atoms with Crippen LogP contribution < -0.4 is 20.3 Å². The number of hydrogen-bond acceptors (Lipinski definition) is 7. The zero-order valence-electron chi connectivity index (χ0n) is 21.2. The Morgan fingerprint density at radius 3 is 2.62 bits per heavy atom. The summed E-state index contributed by atoms with van der Waals surface area (Å²) >= 11 is 5.96. The summed E-state index contributed by atoms with van der Waals surface area (Å²) in [5.41, 5.74) is 1.18. The second-order valence-electron chi connectivity index (χ2n) is 8.69. The third kappa shape index (κ3) is 6.02. The number of rotatable bonds is 9. The van der Waals surface area contributed by atoms with Crippen molar-refractivity contribution in [2.45, 2.75) is 25.3 Å². The summed E-state index contributed by atoms with van der Waals surface area (Å²) in [4.78, 5) is 33.6. The maximum atomic E-state index is 13.4. The van der Waals surface area contributed by atoms with E-state index in [-0.39, 0.29) is 39.5 Å². The van der Waals surface area contributed by atoms with Gasteiger partial charge in [0.05, 0.1) is 35.3 Å². The molecule has 0 spiro atoms. The molecular formula is C26H25ClFN5O5S. The van der Waals surface area contributed by atoms with Gasteiger partial charge in [-0.3, -0.25) is 18.9 Å². The molecule has 2 aromatic carbocycles. The Balaban J connectivity index is 1.71. The minimum atomic E-state index is -4.23. The van der Waals surface area contributed by atoms with Crippen molar-refractivity contribution in [3.8, 4) is 17.0 Å². The number of nitrogens with zero attached hydrogens (tertiary/aromatic N) is 3. The number of anilines is 1. The molecule has 10 nitrogen and oxygen atoms in total. The van der Waals surface area contributed by atoms with Crippen LogP contribution in [0.25, 0.3) is 22.0 Å². The van der Waals surface area contributed by atoms with Crippen molar-refractivity contribution in [2.24, 2.45) is 5.92 Å². The molecule has 4 aromatic rings. The number of ether oxygens (including phenoxy) is 1. The van der Waals surface area contributed by atoms with Gasteiger partial charge in [-0.2, -0.15) is 0 Å². The van der Waals surface area contributed by atoms with Crippen LogP contribution in [-0.2, 0) is 21.4 Å². The van der Waals surface area contributed by atoms with E-state index >= 15 is 0 Å². The van der Waals surface area contributed by atoms with Gasteiger partial charge in [-0.05, 0) is 48.9 Å². The maximum absolute atomic E-state index is 13.4. The Bertz CT molecular complexity index is 1730. The fourth-order valence-corrected chi connectivity index (χ4v) is 5.51. The van der Waals surface area contributed by atoms with E-state index in [1.807, 2.05) is 6.92 Å². The minimum Gasteiger partial charge on any atom is -0.480 e. The average molecular weight is 574 g/mol. The number of carbonyl (C=O) groups is 1. The van der Waals surface area contributed by atoms with Gasteiger partial charge in [0, 0.05) is 24.8 Å². The molecular weight excluding hydrogens is 549 g/mol. The molecule has 0 saturated carbocycles. The SMILES string of the molecule is CCNC(=O)[C@@H](C)Cn1cnc2ccc(-c3cnc(OC)c(NS(=O)(=O)c4ccc(F)cc4Cl)c3)cc2c1=O. The molecule has 0 unspecified atom stereocenters. The molecule has 0 radical (unpaired) electrons. The molecule has 0 fully saturated rings. The first-order valence-corrected chi connectivity index (χ1v) is 13.7. The zero-order chi connectivity index (χ0) is 28.3. The Labute approximate surface area is 228 Å². The number of nitrogens with one attached hydrogen (secondary N) is 2. The van der Waals surface area contributed by atoms with Crippen LogP contribution in [0.5, 0.6) is 5.88 Å². The smallest absolute Gasteiger partial charge is 0.263 e. The van der Waals surface area contributed by atoms with Gasteiger partial charge in [0.1, 0.15) is 16.4 Å². The highest BCUT2D eigenvalue weighted by Crippen LogP contribution is 2.32. The van der Waals surface area contributed by atoms with Crippen LogP contribution in [-0.4, -0.2) is 42.5 Å². The molecule has 0 aliphatic heterocycles. The van der Waals surface area contributed by atoms with E-state index in [2.05, 4.69) is 20.0 Å². The quantitative estimate of drug-likeness (QED) is 0.311. The van der Waals surface area contributed by atoms with Gasteiger partial charge in [-0.25, -0.2) is 22.8 Å². The molecule has 4 rings (SSSR count). The molecule has 1 atom stereocenters. The number of hydrogen-bond donors (Lipinski definition) is 2. The second-order valence-corrected chi connectivity index (χ2v) is 10.7. The number of amides is 1. The van der Waals surface area contributed by atoms with Gasteiger partial charge < -0.3 is 10.1 Å². The normalized spacial score (nSPS) is 12.2. The predicted molar refractivity (Wildman–Crippen MR) is 146 cm³/mol. The Hall–Kier alpha value is -4.03. The first-order chi connectivity index (χ1) is 18.5. The average Bonchev–Trinajstić information content (AvgIpc) is 2.89. The van der Waals surface area contributed by atoms with Crippen molar-refractivity contribution in [3.63, 3.8) is 0 Å². The lowest BCUT2D eigenvalue weighted by Gasteiger charge is -2.14. The van der Waals surface area contributed by atoms with Gasteiger partial charge in [0.2, 0.25) is 11.8 Å². The van der Waals surface area contributed by atoms with Crippen molar-refractivity contribution < 1.29 is 22.3 Å². The number of fused-ring (bicyclic) bond motifs is 1. The van der Waals surface area contributed by atoms with Gasteiger partial charge in [0.25, 0.3) is 15.6 Å². The van der Waals surface area contributed by atoms with Crippen LogP contribution in [0.1, 0.15) is 13.8 Å². The third-order valence-corrected chi connectivity index (χ3v) is 7.75. The Morgan fingerprint density at radius 2 is 1.92 bits per heavy atom. The van der Waals surface area contributed by atoms with Gasteiger partial charge in [-0.1, -0.05) is 24.6 Å². The van der Waals surface area contributed by atoms with E-state index in [9.17, 15) is 22.4 Å². The molecule has 1 amide bonds. The van der Waals surface area contributed by atoms with E-state index < -0.39 is 21.8 Å². The molecule has 2 aromatic heterocycles. The van der Waals surface area contributed by atoms with E-state index in [1.54, 1.807) is 25.1 Å². The summed E-state index contributed by atoms with van der Waals surface area (Å²) < 4.78 is 48.4. The summed E-state index contributed by atoms with van der Waals surface area (Å²) in [6, 6.07) is 9.43. The maximum Gasteiger partial charge on any atom is 0.263 e. The molecule has 0 saturated heterocycles. The molecule has 13 heteroatoms. The van der Waals surface area contributed by atoms with Crippen LogP contribution in [0.4, 0.5) is 10.1 Å². The standard InChI is InChI=1S/C26H25ClFN5O5S/c1-4-29-24(34)15(2)13-33-14-31-21-7-5-16(9-19(21)26(33)35)17-10-22(25(38-3)30-12-17)32-39(36,37)23-8-6-18(28)11-20(23)27/h5-12,14-15,32H,4,13H2,1-3H3,(H,29,34)/t15-/m0/s1. The van der Waals surface area contributed by atoms with Crippen LogP contribution >= 0.6 is 11.6 Å². The molecule has 0 bridgehead atoms. The van der Waals surface area contributed by atoms with Crippen molar-refractivity contribution >= 4 is 44.1 Å². The van der Waals surface area contributed by atoms with Crippen molar-refractivity contribution in [1.29, 1.82) is 0 Å². The first-order valence-electron chi connectivity index (χ1n) is 11.8. The lowest BCUT2D eigenvalue weighted by atomic mass is 10.0. The third-order valence-electron chi connectivity index (χ3n) is 5.90. The van der Waals surface area contributed by atoms with Crippen molar-refractivity contribution in [1.82, 2.24) is 19.9 Å². The van der Waals surface area contributed by atoms with Gasteiger partial charge >= 0.3 is 0 Å². The van der Waals surface area contributed by atoms with E-state index in [4.69, 9.17) is 16.3 Å². The predicted octanol–water partition coefficient (Wildman–Crippen LogP) is 3.83. The monoisotopic (exact) mass is 573 g/mol. The Kier molecular flexibility index (Phi) is 8.17. The first kappa shape index (κ1) is 28.0. The number of methoxy groups -OCH3 is 1. The topological polar surface area (TPSA) is 132 Å². The fourth-order valence-electron chi connectivity index (χ4n) is 3.93. The van der Waals surface area contributed by atoms with Crippen LogP contribution in [0, 0.1) is 11.7 Å². The van der Waals surface area contributed by atoms with E-state index in [1.165, 1.54) is 30.3 Å². The van der Waals surface area contributed by atoms with Crippen LogP contribution in [0.15, 0.2) is 64.7 Å². The Morgan fingerprint density at radius 1 is 1.15 bits per heavy atom. The lowest BCUT2D eigenvalue weighted by molar-refractivity contribution is -0.124. The van der Waals surface area contributed by atoms with Gasteiger partial charge in [-0.15, -0.1) is 0 Å². The number of carbonyl (C=O) groups excluding carboxylic acids is 1. The number of sulfonamides is 1. The highest BCUT2D eigenvalue weighted by Gasteiger charge is 2.22. The fraction of sp³-hybridized carbons (Fsp3) is 0.231. The summed E-state index contributed by atoms with van der Waals surface area (Å²) in [6.07, 6.45) is 2.87. The highest BCUT2D eigenvalue weighted by atomic mass is 35.5. The second kappa shape index (κ2) is 11.4. The molecule has 39 heavy (non-hydrogen) atoms. The number of pyridine rings is 1. The number of halogens is 2.